The third-order valence-corrected chi connectivity index (χ3v) is 3.25. The molecule has 0 saturated carbocycles. The van der Waals surface area contributed by atoms with Crippen LogP contribution in [-0.2, 0) is 0 Å². The van der Waals surface area contributed by atoms with E-state index in [0.29, 0.717) is 17.1 Å². The summed E-state index contributed by atoms with van der Waals surface area (Å²) >= 11 is 0. The lowest BCUT2D eigenvalue weighted by Gasteiger charge is -2.13. The SMILES string of the molecule is COc1cc(/C=C/c2cc(=O)[nH]c(C(C)C)n2)cc([N+](=O)[O-])c1[O-]. The molecule has 0 spiro atoms. The van der Waals surface area contributed by atoms with E-state index >= 15 is 0 Å². The lowest BCUT2D eigenvalue weighted by molar-refractivity contribution is -0.398. The number of nitro groups is 1. The smallest absolute Gasteiger partial charge is 0.266 e. The Hall–Kier alpha value is -3.16. The second-order valence-corrected chi connectivity index (χ2v) is 5.37. The van der Waals surface area contributed by atoms with Gasteiger partial charge in [-0.25, -0.2) is 4.98 Å². The standard InChI is InChI=1S/C16H17N3O5/c1-9(2)16-17-11(8-14(20)18-16)5-4-10-6-12(19(22)23)15(21)13(7-10)24-3/h4-9,21H,1-3H3,(H,17,18,20)/p-1/b5-4+. The first-order valence-corrected chi connectivity index (χ1v) is 7.14. The summed E-state index contributed by atoms with van der Waals surface area (Å²) in [6.45, 7) is 3.79. The molecule has 8 nitrogen and oxygen atoms in total. The van der Waals surface area contributed by atoms with Crippen LogP contribution in [0.15, 0.2) is 23.0 Å². The molecular weight excluding hydrogens is 314 g/mol. The summed E-state index contributed by atoms with van der Waals surface area (Å²) in [5, 5.41) is 22.7. The average molecular weight is 330 g/mol. The van der Waals surface area contributed by atoms with Crippen LogP contribution in [0.3, 0.4) is 0 Å². The van der Waals surface area contributed by atoms with E-state index in [1.807, 2.05) is 13.8 Å². The zero-order valence-corrected chi connectivity index (χ0v) is 13.4. The zero-order valence-electron chi connectivity index (χ0n) is 13.4. The molecule has 126 valence electrons. The van der Waals surface area contributed by atoms with Crippen LogP contribution in [0.25, 0.3) is 12.2 Å². The summed E-state index contributed by atoms with van der Waals surface area (Å²) in [5.41, 5.74) is -0.0517. The minimum absolute atomic E-state index is 0.0481. The molecule has 0 aliphatic rings. The van der Waals surface area contributed by atoms with Crippen LogP contribution in [-0.4, -0.2) is 22.0 Å². The number of nitrogens with zero attached hydrogens (tertiary/aromatic N) is 2. The minimum atomic E-state index is -0.781. The molecule has 0 unspecified atom stereocenters. The average Bonchev–Trinajstić information content (AvgIpc) is 2.53. The van der Waals surface area contributed by atoms with E-state index in [1.54, 1.807) is 6.08 Å². The van der Waals surface area contributed by atoms with Crippen LogP contribution >= 0.6 is 0 Å². The maximum atomic E-state index is 11.8. The normalized spacial score (nSPS) is 11.2. The number of hydrogen-bond acceptors (Lipinski definition) is 6. The second kappa shape index (κ2) is 6.95. The third kappa shape index (κ3) is 3.78. The highest BCUT2D eigenvalue weighted by molar-refractivity contribution is 5.72. The van der Waals surface area contributed by atoms with Crippen molar-refractivity contribution in [2.24, 2.45) is 0 Å². The zero-order chi connectivity index (χ0) is 17.9. The van der Waals surface area contributed by atoms with Crippen molar-refractivity contribution in [2.45, 2.75) is 19.8 Å². The Kier molecular flexibility index (Phi) is 4.98. The molecule has 0 atom stereocenters. The van der Waals surface area contributed by atoms with Crippen LogP contribution in [0.4, 0.5) is 5.69 Å². The first-order chi connectivity index (χ1) is 11.3. The van der Waals surface area contributed by atoms with Crippen LogP contribution in [0.5, 0.6) is 11.5 Å². The van der Waals surface area contributed by atoms with Crippen LogP contribution < -0.4 is 15.4 Å². The van der Waals surface area contributed by atoms with E-state index in [2.05, 4.69) is 9.97 Å². The molecule has 1 aromatic carbocycles. The maximum Gasteiger partial charge on any atom is 0.266 e. The summed E-state index contributed by atoms with van der Waals surface area (Å²) < 4.78 is 4.88. The molecule has 1 N–H and O–H groups in total. The van der Waals surface area contributed by atoms with Gasteiger partial charge in [0.05, 0.1) is 17.7 Å². The van der Waals surface area contributed by atoms with Crippen molar-refractivity contribution < 1.29 is 14.8 Å². The van der Waals surface area contributed by atoms with Crippen molar-refractivity contribution in [3.63, 3.8) is 0 Å². The van der Waals surface area contributed by atoms with Crippen molar-refractivity contribution in [1.82, 2.24) is 9.97 Å². The molecule has 0 aliphatic carbocycles. The van der Waals surface area contributed by atoms with Gasteiger partial charge < -0.3 is 14.8 Å². The predicted octanol–water partition coefficient (Wildman–Crippen LogP) is 2.05. The number of rotatable bonds is 5. The van der Waals surface area contributed by atoms with Crippen molar-refractivity contribution in [2.75, 3.05) is 7.11 Å². The number of nitrogens with one attached hydrogen (secondary N) is 1. The van der Waals surface area contributed by atoms with Crippen molar-refractivity contribution in [1.29, 1.82) is 0 Å². The molecule has 1 aromatic heterocycles. The molecule has 0 amide bonds. The van der Waals surface area contributed by atoms with Crippen LogP contribution in [0.1, 0.15) is 36.8 Å². The van der Waals surface area contributed by atoms with E-state index in [4.69, 9.17) is 4.74 Å². The van der Waals surface area contributed by atoms with Crippen molar-refractivity contribution in [3.05, 3.63) is 55.7 Å². The van der Waals surface area contributed by atoms with Gasteiger partial charge in [0.2, 0.25) is 0 Å². The van der Waals surface area contributed by atoms with E-state index < -0.39 is 16.4 Å². The van der Waals surface area contributed by atoms with Gasteiger partial charge in [-0.1, -0.05) is 19.9 Å². The lowest BCUT2D eigenvalue weighted by atomic mass is 10.1. The van der Waals surface area contributed by atoms with E-state index in [0.717, 1.165) is 6.07 Å². The van der Waals surface area contributed by atoms with E-state index in [-0.39, 0.29) is 17.2 Å². The molecule has 2 rings (SSSR count). The lowest BCUT2D eigenvalue weighted by Crippen LogP contribution is -2.12. The number of aromatic nitrogens is 2. The Labute approximate surface area is 137 Å². The molecule has 0 bridgehead atoms. The largest absolute Gasteiger partial charge is 0.865 e. The molecule has 0 saturated heterocycles. The molecule has 8 heteroatoms. The number of benzene rings is 1. The number of aromatic amines is 1. The van der Waals surface area contributed by atoms with Gasteiger partial charge in [-0.15, -0.1) is 0 Å². The fourth-order valence-corrected chi connectivity index (χ4v) is 2.03. The van der Waals surface area contributed by atoms with Gasteiger partial charge in [0.1, 0.15) is 11.6 Å². The number of methoxy groups -OCH3 is 1. The highest BCUT2D eigenvalue weighted by Crippen LogP contribution is 2.34. The third-order valence-electron chi connectivity index (χ3n) is 3.25. The number of hydrogen-bond donors (Lipinski definition) is 1. The first-order valence-electron chi connectivity index (χ1n) is 7.14. The topological polar surface area (TPSA) is 121 Å². The molecule has 0 radical (unpaired) electrons. The van der Waals surface area contributed by atoms with E-state index in [9.17, 15) is 20.0 Å². The fourth-order valence-electron chi connectivity index (χ4n) is 2.03. The van der Waals surface area contributed by atoms with Crippen molar-refractivity contribution >= 4 is 17.8 Å². The Morgan fingerprint density at radius 1 is 1.29 bits per heavy atom. The van der Waals surface area contributed by atoms with Gasteiger partial charge in [-0.05, 0) is 17.7 Å². The molecular formula is C16H16N3O5-. The number of nitro benzene ring substituents is 1. The van der Waals surface area contributed by atoms with Crippen LogP contribution in [0.2, 0.25) is 0 Å². The molecule has 0 fully saturated rings. The van der Waals surface area contributed by atoms with Gasteiger partial charge >= 0.3 is 0 Å². The van der Waals surface area contributed by atoms with Gasteiger partial charge in [-0.3, -0.25) is 14.9 Å². The van der Waals surface area contributed by atoms with Gasteiger partial charge in [-0.2, -0.15) is 0 Å². The Morgan fingerprint density at radius 2 is 2.00 bits per heavy atom. The van der Waals surface area contributed by atoms with Crippen molar-refractivity contribution in [3.8, 4) is 11.5 Å². The number of ether oxygens (including phenoxy) is 1. The molecule has 0 aliphatic heterocycles. The Morgan fingerprint density at radius 3 is 2.58 bits per heavy atom. The minimum Gasteiger partial charge on any atom is -0.865 e. The summed E-state index contributed by atoms with van der Waals surface area (Å²) in [6, 6.07) is 3.86. The predicted molar refractivity (Wildman–Crippen MR) is 87.0 cm³/mol. The highest BCUT2D eigenvalue weighted by atomic mass is 16.6. The maximum absolute atomic E-state index is 11.8. The summed E-state index contributed by atoms with van der Waals surface area (Å²) in [4.78, 5) is 28.8. The van der Waals surface area contributed by atoms with Crippen LogP contribution in [0, 0.1) is 10.1 Å². The second-order valence-electron chi connectivity index (χ2n) is 5.37. The summed E-state index contributed by atoms with van der Waals surface area (Å²) in [6.07, 6.45) is 3.07. The highest BCUT2D eigenvalue weighted by Gasteiger charge is 2.12. The quantitative estimate of drug-likeness (QED) is 0.661. The van der Waals surface area contributed by atoms with Gasteiger partial charge in [0, 0.05) is 23.8 Å². The first kappa shape index (κ1) is 17.2. The summed E-state index contributed by atoms with van der Waals surface area (Å²) in [5.74, 6) is -0.311. The van der Waals surface area contributed by atoms with Gasteiger partial charge in [0.15, 0.2) is 0 Å². The monoisotopic (exact) mass is 330 g/mol. The molecule has 1 heterocycles. The Balaban J connectivity index is 2.44. The fraction of sp³-hybridized carbons (Fsp3) is 0.250. The summed E-state index contributed by atoms with van der Waals surface area (Å²) in [7, 11) is 1.27. The molecule has 24 heavy (non-hydrogen) atoms. The van der Waals surface area contributed by atoms with E-state index in [1.165, 1.54) is 25.3 Å². The Bertz CT molecular complexity index is 855. The molecule has 2 aromatic rings. The van der Waals surface area contributed by atoms with Gasteiger partial charge in [0.25, 0.3) is 11.2 Å². The number of H-pyrrole nitrogens is 1.